The van der Waals surface area contributed by atoms with Gasteiger partial charge >= 0.3 is 12.1 Å². The Morgan fingerprint density at radius 2 is 2.19 bits per heavy atom. The molecule has 1 aliphatic rings. The van der Waals surface area contributed by atoms with Gasteiger partial charge in [0.2, 0.25) is 0 Å². The summed E-state index contributed by atoms with van der Waals surface area (Å²) < 4.78 is 37.5. The Hall–Kier alpha value is -1.79. The van der Waals surface area contributed by atoms with Crippen LogP contribution in [-0.4, -0.2) is 28.6 Å². The van der Waals surface area contributed by atoms with Gasteiger partial charge in [-0.1, -0.05) is 13.3 Å². The Labute approximate surface area is 120 Å². The monoisotopic (exact) mass is 302 g/mol. The van der Waals surface area contributed by atoms with Crippen molar-refractivity contribution in [2.75, 3.05) is 11.4 Å². The zero-order valence-corrected chi connectivity index (χ0v) is 11.6. The Bertz CT molecular complexity index is 502. The molecule has 0 spiro atoms. The maximum Gasteiger partial charge on any atom is 0.417 e. The Balaban J connectivity index is 2.21. The third-order valence-corrected chi connectivity index (χ3v) is 3.94. The number of piperidine rings is 1. The Morgan fingerprint density at radius 3 is 2.67 bits per heavy atom. The molecular formula is C14H17F3N2O2. The van der Waals surface area contributed by atoms with Gasteiger partial charge in [0.25, 0.3) is 0 Å². The summed E-state index contributed by atoms with van der Waals surface area (Å²) in [5, 5.41) is 9.32. The van der Waals surface area contributed by atoms with E-state index in [4.69, 9.17) is 0 Å². The first-order chi connectivity index (χ1) is 9.82. The van der Waals surface area contributed by atoms with Crippen molar-refractivity contribution in [2.24, 2.45) is 5.92 Å². The van der Waals surface area contributed by atoms with Gasteiger partial charge in [0, 0.05) is 12.7 Å². The highest BCUT2D eigenvalue weighted by atomic mass is 19.4. The molecule has 1 aromatic rings. The lowest BCUT2D eigenvalue weighted by molar-refractivity contribution is -0.140. The molecule has 0 saturated carbocycles. The van der Waals surface area contributed by atoms with E-state index in [1.54, 1.807) is 4.90 Å². The molecule has 1 N–H and O–H groups in total. The molecule has 2 atom stereocenters. The van der Waals surface area contributed by atoms with Crippen molar-refractivity contribution >= 4 is 11.8 Å². The fraction of sp³-hybridized carbons (Fsp3) is 0.571. The maximum atomic E-state index is 12.5. The second-order valence-electron chi connectivity index (χ2n) is 5.25. The zero-order chi connectivity index (χ0) is 15.6. The van der Waals surface area contributed by atoms with Crippen LogP contribution in [0.2, 0.25) is 0 Å². The van der Waals surface area contributed by atoms with Gasteiger partial charge in [0.1, 0.15) is 11.9 Å². The van der Waals surface area contributed by atoms with Crippen molar-refractivity contribution in [3.05, 3.63) is 23.9 Å². The highest BCUT2D eigenvalue weighted by molar-refractivity contribution is 5.78. The van der Waals surface area contributed by atoms with Crippen LogP contribution in [0.25, 0.3) is 0 Å². The van der Waals surface area contributed by atoms with Crippen molar-refractivity contribution in [3.63, 3.8) is 0 Å². The number of hydrogen-bond acceptors (Lipinski definition) is 3. The molecule has 1 fully saturated rings. The minimum absolute atomic E-state index is 0.282. The maximum absolute atomic E-state index is 12.5. The fourth-order valence-electron chi connectivity index (χ4n) is 2.64. The summed E-state index contributed by atoms with van der Waals surface area (Å²) in [4.78, 5) is 16.7. The standard InChI is InChI=1S/C14H17F3N2O2/c1-2-9-5-6-19(11(7-9)13(20)21)12-4-3-10(8-18-12)14(15,16)17/h3-4,8-9,11H,2,5-7H2,1H3,(H,20,21). The first-order valence-electron chi connectivity index (χ1n) is 6.85. The number of carboxylic acids is 1. The van der Waals surface area contributed by atoms with Crippen LogP contribution >= 0.6 is 0 Å². The average molecular weight is 302 g/mol. The highest BCUT2D eigenvalue weighted by Crippen LogP contribution is 2.32. The molecule has 116 valence electrons. The SMILES string of the molecule is CCC1CCN(c2ccc(C(F)(F)F)cn2)C(C(=O)O)C1. The van der Waals surface area contributed by atoms with Crippen LogP contribution < -0.4 is 4.90 Å². The van der Waals surface area contributed by atoms with E-state index in [-0.39, 0.29) is 5.82 Å². The van der Waals surface area contributed by atoms with Crippen molar-refractivity contribution in [1.29, 1.82) is 0 Å². The van der Waals surface area contributed by atoms with Gasteiger partial charge in [-0.25, -0.2) is 9.78 Å². The number of aliphatic carboxylic acids is 1. The summed E-state index contributed by atoms with van der Waals surface area (Å²) >= 11 is 0. The second kappa shape index (κ2) is 5.91. The number of aromatic nitrogens is 1. The molecule has 0 radical (unpaired) electrons. The number of pyridine rings is 1. The molecule has 2 heterocycles. The van der Waals surface area contributed by atoms with Crippen LogP contribution in [0.4, 0.5) is 19.0 Å². The van der Waals surface area contributed by atoms with Crippen LogP contribution in [-0.2, 0) is 11.0 Å². The lowest BCUT2D eigenvalue weighted by Crippen LogP contribution is -2.47. The first kappa shape index (κ1) is 15.6. The largest absolute Gasteiger partial charge is 0.480 e. The Morgan fingerprint density at radius 1 is 1.48 bits per heavy atom. The van der Waals surface area contributed by atoms with Crippen molar-refractivity contribution in [3.8, 4) is 0 Å². The number of carboxylic acid groups (broad SMARTS) is 1. The first-order valence-corrected chi connectivity index (χ1v) is 6.85. The highest BCUT2D eigenvalue weighted by Gasteiger charge is 2.35. The third-order valence-electron chi connectivity index (χ3n) is 3.94. The molecular weight excluding hydrogens is 285 g/mol. The summed E-state index contributed by atoms with van der Waals surface area (Å²) in [6.45, 7) is 2.50. The van der Waals surface area contributed by atoms with Crippen LogP contribution in [0.5, 0.6) is 0 Å². The van der Waals surface area contributed by atoms with Crippen molar-refractivity contribution in [1.82, 2.24) is 4.98 Å². The fourth-order valence-corrected chi connectivity index (χ4v) is 2.64. The van der Waals surface area contributed by atoms with Gasteiger partial charge in [-0.3, -0.25) is 0 Å². The minimum atomic E-state index is -4.44. The number of nitrogens with zero attached hydrogens (tertiary/aromatic N) is 2. The van der Waals surface area contributed by atoms with Gasteiger partial charge in [0.15, 0.2) is 0 Å². The van der Waals surface area contributed by atoms with Gasteiger partial charge in [-0.15, -0.1) is 0 Å². The van der Waals surface area contributed by atoms with Gasteiger partial charge in [-0.05, 0) is 30.9 Å². The molecule has 21 heavy (non-hydrogen) atoms. The van der Waals surface area contributed by atoms with Crippen LogP contribution in [0, 0.1) is 5.92 Å². The number of anilines is 1. The van der Waals surface area contributed by atoms with E-state index >= 15 is 0 Å². The predicted molar refractivity (Wildman–Crippen MR) is 71.0 cm³/mol. The topological polar surface area (TPSA) is 53.4 Å². The van der Waals surface area contributed by atoms with Crippen molar-refractivity contribution in [2.45, 2.75) is 38.4 Å². The molecule has 2 rings (SSSR count). The van der Waals surface area contributed by atoms with Gasteiger partial charge in [-0.2, -0.15) is 13.2 Å². The lowest BCUT2D eigenvalue weighted by Gasteiger charge is -2.37. The lowest BCUT2D eigenvalue weighted by atomic mass is 9.89. The number of rotatable bonds is 3. The Kier molecular flexibility index (Phi) is 4.39. The van der Waals surface area contributed by atoms with E-state index in [0.29, 0.717) is 18.9 Å². The van der Waals surface area contributed by atoms with Gasteiger partial charge < -0.3 is 10.0 Å². The summed E-state index contributed by atoms with van der Waals surface area (Å²) in [5.41, 5.74) is -0.832. The smallest absolute Gasteiger partial charge is 0.417 e. The van der Waals surface area contributed by atoms with E-state index in [2.05, 4.69) is 4.98 Å². The summed E-state index contributed by atoms with van der Waals surface area (Å²) in [5.74, 6) is -0.350. The molecule has 0 aliphatic carbocycles. The molecule has 0 bridgehead atoms. The van der Waals surface area contributed by atoms with E-state index in [1.807, 2.05) is 6.92 Å². The molecule has 1 aliphatic heterocycles. The number of alkyl halides is 3. The van der Waals surface area contributed by atoms with E-state index in [1.165, 1.54) is 6.07 Å². The normalized spacial score (nSPS) is 23.1. The summed E-state index contributed by atoms with van der Waals surface area (Å²) in [6, 6.07) is 1.45. The zero-order valence-electron chi connectivity index (χ0n) is 11.6. The quantitative estimate of drug-likeness (QED) is 0.931. The average Bonchev–Trinajstić information content (AvgIpc) is 2.45. The minimum Gasteiger partial charge on any atom is -0.480 e. The molecule has 1 aromatic heterocycles. The molecule has 2 unspecified atom stereocenters. The third kappa shape index (κ3) is 3.46. The van der Waals surface area contributed by atoms with E-state index in [9.17, 15) is 23.1 Å². The van der Waals surface area contributed by atoms with E-state index in [0.717, 1.165) is 25.1 Å². The molecule has 0 amide bonds. The predicted octanol–water partition coefficient (Wildman–Crippen LogP) is 3.18. The molecule has 0 aromatic carbocycles. The molecule has 7 heteroatoms. The summed E-state index contributed by atoms with van der Waals surface area (Å²) in [7, 11) is 0. The summed E-state index contributed by atoms with van der Waals surface area (Å²) in [6.07, 6.45) is -1.47. The number of carbonyl (C=O) groups is 1. The van der Waals surface area contributed by atoms with Crippen LogP contribution in [0.1, 0.15) is 31.7 Å². The molecule has 1 saturated heterocycles. The number of halogens is 3. The van der Waals surface area contributed by atoms with E-state index < -0.39 is 23.8 Å². The van der Waals surface area contributed by atoms with Crippen LogP contribution in [0.3, 0.4) is 0 Å². The van der Waals surface area contributed by atoms with Crippen LogP contribution in [0.15, 0.2) is 18.3 Å². The second-order valence-corrected chi connectivity index (χ2v) is 5.25. The van der Waals surface area contributed by atoms with Crippen molar-refractivity contribution < 1.29 is 23.1 Å². The van der Waals surface area contributed by atoms with Gasteiger partial charge in [0.05, 0.1) is 5.56 Å². The number of hydrogen-bond donors (Lipinski definition) is 1. The molecule has 4 nitrogen and oxygen atoms in total.